The lowest BCUT2D eigenvalue weighted by Gasteiger charge is -2.11. The first-order valence-electron chi connectivity index (χ1n) is 5.69. The third-order valence-corrected chi connectivity index (χ3v) is 2.21. The molecule has 1 rings (SSSR count). The summed E-state index contributed by atoms with van der Waals surface area (Å²) in [4.78, 5) is 4.34. The molecule has 0 saturated carbocycles. The van der Waals surface area contributed by atoms with Crippen molar-refractivity contribution in [2.45, 2.75) is 34.6 Å². The Kier molecular flexibility index (Phi) is 6.68. The van der Waals surface area contributed by atoms with Gasteiger partial charge in [-0.2, -0.15) is 0 Å². The highest BCUT2D eigenvalue weighted by Gasteiger charge is 2.08. The Morgan fingerprint density at radius 2 is 1.67 bits per heavy atom. The molecule has 0 aliphatic heterocycles. The lowest BCUT2D eigenvalue weighted by atomic mass is 9.96. The molecule has 0 fully saturated rings. The van der Waals surface area contributed by atoms with Crippen molar-refractivity contribution in [1.82, 2.24) is 0 Å². The van der Waals surface area contributed by atoms with Crippen LogP contribution in [0.15, 0.2) is 29.3 Å². The van der Waals surface area contributed by atoms with E-state index in [4.69, 9.17) is 0 Å². The van der Waals surface area contributed by atoms with Gasteiger partial charge in [-0.15, -0.1) is 0 Å². The van der Waals surface area contributed by atoms with E-state index in [1.807, 2.05) is 20.9 Å². The monoisotopic (exact) mass is 205 g/mol. The molecule has 0 aliphatic carbocycles. The van der Waals surface area contributed by atoms with E-state index in [0.29, 0.717) is 5.92 Å². The molecule has 0 aromatic heterocycles. The molecule has 0 saturated heterocycles. The Morgan fingerprint density at radius 1 is 1.13 bits per heavy atom. The van der Waals surface area contributed by atoms with Crippen LogP contribution in [0.25, 0.3) is 0 Å². The molecule has 1 heteroatoms. The average Bonchev–Trinajstić information content (AvgIpc) is 2.24. The molecule has 0 atom stereocenters. The number of hydrogen-bond acceptors (Lipinski definition) is 1. The summed E-state index contributed by atoms with van der Waals surface area (Å²) in [6.07, 6.45) is 0. The van der Waals surface area contributed by atoms with E-state index in [-0.39, 0.29) is 0 Å². The Balaban J connectivity index is 0.000000921. The minimum Gasteiger partial charge on any atom is -0.292 e. The summed E-state index contributed by atoms with van der Waals surface area (Å²) < 4.78 is 0. The van der Waals surface area contributed by atoms with Crippen LogP contribution in [0.5, 0.6) is 0 Å². The number of benzene rings is 1. The fraction of sp³-hybridized carbons (Fsp3) is 0.500. The highest BCUT2D eigenvalue weighted by atomic mass is 14.7. The van der Waals surface area contributed by atoms with Gasteiger partial charge < -0.3 is 0 Å². The first-order valence-corrected chi connectivity index (χ1v) is 5.69. The van der Waals surface area contributed by atoms with Gasteiger partial charge in [0, 0.05) is 12.8 Å². The zero-order valence-corrected chi connectivity index (χ0v) is 10.8. The fourth-order valence-corrected chi connectivity index (χ4v) is 1.55. The van der Waals surface area contributed by atoms with Gasteiger partial charge in [0.05, 0.1) is 0 Å². The van der Waals surface area contributed by atoms with Crippen LogP contribution >= 0.6 is 0 Å². The molecule has 84 valence electrons. The van der Waals surface area contributed by atoms with Crippen molar-refractivity contribution in [3.05, 3.63) is 35.4 Å². The van der Waals surface area contributed by atoms with Crippen LogP contribution in [0.2, 0.25) is 0 Å². The molecule has 0 amide bonds. The minimum absolute atomic E-state index is 0.492. The second kappa shape index (κ2) is 7.22. The number of rotatable bonds is 2. The number of aliphatic imine (C=N–C) groups is 1. The summed E-state index contributed by atoms with van der Waals surface area (Å²) >= 11 is 0. The Hall–Kier alpha value is -1.11. The van der Waals surface area contributed by atoms with Crippen LogP contribution in [0.1, 0.15) is 38.8 Å². The van der Waals surface area contributed by atoms with Crippen LogP contribution in [-0.4, -0.2) is 12.8 Å². The first-order chi connectivity index (χ1) is 7.16. The molecular formula is C14H23N. The molecule has 1 nitrogen and oxygen atoms in total. The van der Waals surface area contributed by atoms with Crippen molar-refractivity contribution in [3.8, 4) is 0 Å². The molecule has 0 radical (unpaired) electrons. The maximum Gasteiger partial charge on any atom is 0.0445 e. The van der Waals surface area contributed by atoms with E-state index in [1.54, 1.807) is 0 Å². The lowest BCUT2D eigenvalue weighted by molar-refractivity contribution is 0.880. The quantitative estimate of drug-likeness (QED) is 0.645. The third kappa shape index (κ3) is 3.86. The van der Waals surface area contributed by atoms with Gasteiger partial charge in [0.1, 0.15) is 0 Å². The molecule has 0 heterocycles. The molecule has 15 heavy (non-hydrogen) atoms. The van der Waals surface area contributed by atoms with Gasteiger partial charge in [-0.3, -0.25) is 4.99 Å². The number of hydrogen-bond donors (Lipinski definition) is 0. The maximum atomic E-state index is 4.34. The summed E-state index contributed by atoms with van der Waals surface area (Å²) in [5, 5.41) is 0. The molecule has 1 aromatic carbocycles. The molecule has 0 unspecified atom stereocenters. The predicted octanol–water partition coefficient (Wildman–Crippen LogP) is 4.10. The Labute approximate surface area is 94.3 Å². The van der Waals surface area contributed by atoms with E-state index >= 15 is 0 Å². The summed E-state index contributed by atoms with van der Waals surface area (Å²) in [6.45, 7) is 10.5. The molecule has 0 N–H and O–H groups in total. The first kappa shape index (κ1) is 13.9. The van der Waals surface area contributed by atoms with Gasteiger partial charge in [0.2, 0.25) is 0 Å². The largest absolute Gasteiger partial charge is 0.292 e. The Bertz CT molecular complexity index is 311. The highest BCUT2D eigenvalue weighted by Crippen LogP contribution is 2.13. The molecule has 0 spiro atoms. The van der Waals surface area contributed by atoms with Crippen LogP contribution in [0.4, 0.5) is 0 Å². The van der Waals surface area contributed by atoms with Crippen LogP contribution in [0.3, 0.4) is 0 Å². The zero-order chi connectivity index (χ0) is 11.8. The molecular weight excluding hydrogens is 182 g/mol. The van der Waals surface area contributed by atoms with Crippen molar-refractivity contribution in [3.63, 3.8) is 0 Å². The van der Waals surface area contributed by atoms with E-state index in [9.17, 15) is 0 Å². The number of aryl methyl sites for hydroxylation is 1. The van der Waals surface area contributed by atoms with E-state index < -0.39 is 0 Å². The van der Waals surface area contributed by atoms with Gasteiger partial charge in [-0.1, -0.05) is 52.0 Å². The predicted molar refractivity (Wildman–Crippen MR) is 69.8 cm³/mol. The van der Waals surface area contributed by atoms with Crippen LogP contribution < -0.4 is 0 Å². The van der Waals surface area contributed by atoms with Gasteiger partial charge >= 0.3 is 0 Å². The standard InChI is InChI=1S/C12H17N.C2H6/c1-9(2)12(13-4)11-8-6-5-7-10(11)3;1-2/h5-9H,1-4H3;1-2H3. The maximum absolute atomic E-state index is 4.34. The molecule has 0 aliphatic rings. The summed E-state index contributed by atoms with van der Waals surface area (Å²) in [5.74, 6) is 0.492. The minimum atomic E-state index is 0.492. The van der Waals surface area contributed by atoms with Crippen molar-refractivity contribution in [2.75, 3.05) is 7.05 Å². The summed E-state index contributed by atoms with van der Waals surface area (Å²) in [6, 6.07) is 8.39. The van der Waals surface area contributed by atoms with Gasteiger partial charge in [0.25, 0.3) is 0 Å². The normalized spacial score (nSPS) is 11.0. The molecule has 0 bridgehead atoms. The summed E-state index contributed by atoms with van der Waals surface area (Å²) in [7, 11) is 1.86. The van der Waals surface area contributed by atoms with Crippen LogP contribution in [0, 0.1) is 12.8 Å². The van der Waals surface area contributed by atoms with E-state index in [0.717, 1.165) is 0 Å². The van der Waals surface area contributed by atoms with E-state index in [1.165, 1.54) is 16.8 Å². The van der Waals surface area contributed by atoms with E-state index in [2.05, 4.69) is 50.0 Å². The van der Waals surface area contributed by atoms with Crippen molar-refractivity contribution in [2.24, 2.45) is 10.9 Å². The van der Waals surface area contributed by atoms with Crippen molar-refractivity contribution in [1.29, 1.82) is 0 Å². The smallest absolute Gasteiger partial charge is 0.0445 e. The highest BCUT2D eigenvalue weighted by molar-refractivity contribution is 6.02. The second-order valence-corrected chi connectivity index (χ2v) is 3.58. The lowest BCUT2D eigenvalue weighted by Crippen LogP contribution is -2.10. The SMILES string of the molecule is CC.CN=C(c1ccccc1C)C(C)C. The van der Waals surface area contributed by atoms with Crippen molar-refractivity contribution >= 4 is 5.71 Å². The Morgan fingerprint density at radius 3 is 2.07 bits per heavy atom. The average molecular weight is 205 g/mol. The summed E-state index contributed by atoms with van der Waals surface area (Å²) in [5.41, 5.74) is 3.77. The van der Waals surface area contributed by atoms with Crippen molar-refractivity contribution < 1.29 is 0 Å². The topological polar surface area (TPSA) is 12.4 Å². The zero-order valence-electron chi connectivity index (χ0n) is 10.8. The number of nitrogens with zero attached hydrogens (tertiary/aromatic N) is 1. The van der Waals surface area contributed by atoms with Gasteiger partial charge in [-0.05, 0) is 24.0 Å². The third-order valence-electron chi connectivity index (χ3n) is 2.21. The molecule has 1 aromatic rings. The second-order valence-electron chi connectivity index (χ2n) is 3.58. The fourth-order valence-electron chi connectivity index (χ4n) is 1.55. The van der Waals surface area contributed by atoms with Crippen LogP contribution in [-0.2, 0) is 0 Å². The van der Waals surface area contributed by atoms with Gasteiger partial charge in [-0.25, -0.2) is 0 Å². The van der Waals surface area contributed by atoms with Gasteiger partial charge in [0.15, 0.2) is 0 Å².